The van der Waals surface area contributed by atoms with Gasteiger partial charge in [0.2, 0.25) is 11.8 Å². The van der Waals surface area contributed by atoms with Crippen molar-refractivity contribution in [3.63, 3.8) is 0 Å². The van der Waals surface area contributed by atoms with Crippen molar-refractivity contribution < 1.29 is 4.74 Å². The van der Waals surface area contributed by atoms with Crippen LogP contribution in [0.3, 0.4) is 0 Å². The number of hydrogen-bond acceptors (Lipinski definition) is 4. The van der Waals surface area contributed by atoms with Gasteiger partial charge in [0.25, 0.3) is 0 Å². The molecule has 0 aliphatic carbocycles. The Bertz CT molecular complexity index is 822. The first-order valence-corrected chi connectivity index (χ1v) is 7.62. The number of hydrogen-bond donors (Lipinski definition) is 2. The van der Waals surface area contributed by atoms with Gasteiger partial charge in [-0.25, -0.2) is 0 Å². The summed E-state index contributed by atoms with van der Waals surface area (Å²) in [5.74, 6) is 0.955. The van der Waals surface area contributed by atoms with E-state index in [4.69, 9.17) is 22.1 Å². The number of halogens is 1. The van der Waals surface area contributed by atoms with Crippen molar-refractivity contribution in [3.05, 3.63) is 57.8 Å². The number of aromatic nitrogens is 2. The molecule has 0 fully saturated rings. The van der Waals surface area contributed by atoms with E-state index in [9.17, 15) is 5.26 Å². The van der Waals surface area contributed by atoms with Crippen molar-refractivity contribution >= 4 is 11.6 Å². The molecule has 2 heterocycles. The Hall–Kier alpha value is -2.45. The van der Waals surface area contributed by atoms with Crippen LogP contribution in [0.2, 0.25) is 5.02 Å². The number of fused-ring (bicyclic) bond motifs is 1. The maximum atomic E-state index is 9.51. The molecule has 1 atom stereocenters. The van der Waals surface area contributed by atoms with E-state index < -0.39 is 0 Å². The number of H-pyrrole nitrogens is 1. The molecule has 1 aromatic carbocycles. The van der Waals surface area contributed by atoms with Crippen LogP contribution >= 0.6 is 11.6 Å². The number of benzene rings is 1. The van der Waals surface area contributed by atoms with E-state index >= 15 is 0 Å². The number of rotatable bonds is 1. The third-order valence-electron chi connectivity index (χ3n) is 3.78. The quantitative estimate of drug-likeness (QED) is 0.837. The molecule has 3 rings (SSSR count). The maximum Gasteiger partial charge on any atom is 0.243 e. The second kappa shape index (κ2) is 5.32. The molecule has 1 unspecified atom stereocenters. The minimum absolute atomic E-state index is 0.0897. The van der Waals surface area contributed by atoms with Gasteiger partial charge in [-0.2, -0.15) is 10.2 Å². The van der Waals surface area contributed by atoms with Gasteiger partial charge >= 0.3 is 0 Å². The summed E-state index contributed by atoms with van der Waals surface area (Å²) in [6.07, 6.45) is 0. The van der Waals surface area contributed by atoms with Gasteiger partial charge in [-0.1, -0.05) is 44.5 Å². The number of imidazole rings is 1. The predicted octanol–water partition coefficient (Wildman–Crippen LogP) is 3.58. The fourth-order valence-electron chi connectivity index (χ4n) is 2.55. The number of aromatic amines is 1. The average Bonchev–Trinajstić information content (AvgIpc) is 2.90. The minimum atomic E-state index is -0.343. The van der Waals surface area contributed by atoms with Crippen LogP contribution in [0.5, 0.6) is 5.88 Å². The van der Waals surface area contributed by atoms with Crippen LogP contribution in [0.25, 0.3) is 0 Å². The van der Waals surface area contributed by atoms with Gasteiger partial charge in [0.15, 0.2) is 0 Å². The fraction of sp³-hybridized carbons (Fsp3) is 0.294. The minimum Gasteiger partial charge on any atom is -0.420 e. The summed E-state index contributed by atoms with van der Waals surface area (Å²) >= 11 is 5.97. The van der Waals surface area contributed by atoms with Gasteiger partial charge in [-0.3, -0.25) is 0 Å². The molecule has 6 heteroatoms. The van der Waals surface area contributed by atoms with E-state index in [1.54, 1.807) is 12.1 Å². The van der Waals surface area contributed by atoms with Crippen LogP contribution in [0.4, 0.5) is 0 Å². The third kappa shape index (κ3) is 2.66. The molecule has 23 heavy (non-hydrogen) atoms. The molecule has 3 N–H and O–H groups in total. The highest BCUT2D eigenvalue weighted by atomic mass is 35.5. The van der Waals surface area contributed by atoms with Gasteiger partial charge in [-0.05, 0) is 17.7 Å². The molecule has 0 amide bonds. The lowest BCUT2D eigenvalue weighted by molar-refractivity contribution is 0.378. The van der Waals surface area contributed by atoms with Crippen molar-refractivity contribution in [2.75, 3.05) is 0 Å². The Morgan fingerprint density at radius 2 is 1.96 bits per heavy atom. The largest absolute Gasteiger partial charge is 0.420 e. The Kier molecular flexibility index (Phi) is 3.57. The zero-order valence-corrected chi connectivity index (χ0v) is 13.9. The molecule has 0 bridgehead atoms. The fourth-order valence-corrected chi connectivity index (χ4v) is 2.68. The number of allylic oxidation sites excluding steroid dienone is 1. The first-order chi connectivity index (χ1) is 10.8. The van der Waals surface area contributed by atoms with E-state index in [-0.39, 0.29) is 17.2 Å². The van der Waals surface area contributed by atoms with Crippen LogP contribution in [0, 0.1) is 11.3 Å². The zero-order valence-electron chi connectivity index (χ0n) is 13.1. The number of nitrogens with two attached hydrogens (primary N) is 1. The molecule has 2 aromatic rings. The highest BCUT2D eigenvalue weighted by molar-refractivity contribution is 6.30. The summed E-state index contributed by atoms with van der Waals surface area (Å²) < 4.78 is 5.55. The second-order valence-electron chi connectivity index (χ2n) is 6.53. The Morgan fingerprint density at radius 3 is 2.52 bits per heavy atom. The van der Waals surface area contributed by atoms with Gasteiger partial charge < -0.3 is 15.5 Å². The van der Waals surface area contributed by atoms with E-state index in [0.29, 0.717) is 16.5 Å². The van der Waals surface area contributed by atoms with E-state index in [1.807, 2.05) is 12.1 Å². The molecule has 5 nitrogen and oxygen atoms in total. The summed E-state index contributed by atoms with van der Waals surface area (Å²) in [6, 6.07) is 9.49. The van der Waals surface area contributed by atoms with Crippen molar-refractivity contribution in [2.45, 2.75) is 32.1 Å². The first kappa shape index (κ1) is 15.4. The molecule has 1 aromatic heterocycles. The van der Waals surface area contributed by atoms with E-state index in [2.05, 4.69) is 36.8 Å². The SMILES string of the molecule is CC(C)(C)c1nc2c([nH]1)C(c1ccc(Cl)cc1)C(C#N)=C(N)O2. The van der Waals surface area contributed by atoms with E-state index in [0.717, 1.165) is 17.1 Å². The second-order valence-corrected chi connectivity index (χ2v) is 6.97. The van der Waals surface area contributed by atoms with Crippen molar-refractivity contribution in [2.24, 2.45) is 5.73 Å². The molecule has 1 aliphatic rings. The topological polar surface area (TPSA) is 87.7 Å². The number of nitrogens with one attached hydrogen (secondary N) is 1. The number of ether oxygens (including phenoxy) is 1. The van der Waals surface area contributed by atoms with Crippen molar-refractivity contribution in [3.8, 4) is 11.9 Å². The Morgan fingerprint density at radius 1 is 1.30 bits per heavy atom. The van der Waals surface area contributed by atoms with Crippen LogP contribution in [0.1, 0.15) is 43.8 Å². The summed E-state index contributed by atoms with van der Waals surface area (Å²) in [6.45, 7) is 6.16. The van der Waals surface area contributed by atoms with Gasteiger partial charge in [0.05, 0.1) is 11.6 Å². The smallest absolute Gasteiger partial charge is 0.243 e. The van der Waals surface area contributed by atoms with E-state index in [1.165, 1.54) is 0 Å². The Labute approximate surface area is 139 Å². The summed E-state index contributed by atoms with van der Waals surface area (Å²) in [5.41, 5.74) is 7.77. The van der Waals surface area contributed by atoms with Crippen LogP contribution in [0.15, 0.2) is 35.7 Å². The predicted molar refractivity (Wildman–Crippen MR) is 88.0 cm³/mol. The standard InChI is InChI=1S/C17H17ClN4O/c1-17(2,3)16-21-13-12(9-4-6-10(18)7-5-9)11(8-19)14(20)23-15(13)22-16/h4-7,12H,20H2,1-3H3,(H,21,22). The molecule has 0 saturated carbocycles. The molecular formula is C17H17ClN4O. The molecule has 0 spiro atoms. The maximum absolute atomic E-state index is 9.51. The van der Waals surface area contributed by atoms with Gasteiger partial charge in [0.1, 0.15) is 17.5 Å². The number of nitriles is 1. The highest BCUT2D eigenvalue weighted by Crippen LogP contribution is 2.41. The molecule has 0 saturated heterocycles. The lowest BCUT2D eigenvalue weighted by Crippen LogP contribution is -2.21. The molecule has 0 radical (unpaired) electrons. The van der Waals surface area contributed by atoms with Gasteiger partial charge in [-0.15, -0.1) is 0 Å². The Balaban J connectivity index is 2.18. The van der Waals surface area contributed by atoms with Crippen molar-refractivity contribution in [1.29, 1.82) is 5.26 Å². The lowest BCUT2D eigenvalue weighted by atomic mass is 9.88. The van der Waals surface area contributed by atoms with Gasteiger partial charge in [0, 0.05) is 10.4 Å². The monoisotopic (exact) mass is 328 g/mol. The van der Waals surface area contributed by atoms with Crippen molar-refractivity contribution in [1.82, 2.24) is 9.97 Å². The highest BCUT2D eigenvalue weighted by Gasteiger charge is 2.35. The molecule has 1 aliphatic heterocycles. The zero-order chi connectivity index (χ0) is 16.8. The summed E-state index contributed by atoms with van der Waals surface area (Å²) in [4.78, 5) is 7.82. The van der Waals surface area contributed by atoms with Crippen LogP contribution in [-0.2, 0) is 5.41 Å². The van der Waals surface area contributed by atoms with Crippen LogP contribution in [-0.4, -0.2) is 9.97 Å². The molecule has 118 valence electrons. The summed E-state index contributed by atoms with van der Waals surface area (Å²) in [5, 5.41) is 10.1. The van der Waals surface area contributed by atoms with Crippen LogP contribution < -0.4 is 10.5 Å². The molecular weight excluding hydrogens is 312 g/mol. The average molecular weight is 329 g/mol. The number of nitrogens with zero attached hydrogens (tertiary/aromatic N) is 2. The summed E-state index contributed by atoms with van der Waals surface area (Å²) in [7, 11) is 0. The lowest BCUT2D eigenvalue weighted by Gasteiger charge is -2.22. The normalized spacial score (nSPS) is 17.4. The first-order valence-electron chi connectivity index (χ1n) is 7.24. The third-order valence-corrected chi connectivity index (χ3v) is 4.03.